The Hall–Kier alpha value is -2.22. The van der Waals surface area contributed by atoms with E-state index in [2.05, 4.69) is 30.6 Å². The van der Waals surface area contributed by atoms with Crippen molar-refractivity contribution in [3.8, 4) is 0 Å². The third-order valence-corrected chi connectivity index (χ3v) is 5.58. The van der Waals surface area contributed by atoms with E-state index in [1.165, 1.54) is 6.92 Å². The molecule has 162 valence electrons. The molecular formula is C21H33N3O5. The van der Waals surface area contributed by atoms with E-state index in [9.17, 15) is 19.2 Å². The van der Waals surface area contributed by atoms with E-state index in [1.54, 1.807) is 0 Å². The fourth-order valence-corrected chi connectivity index (χ4v) is 3.68. The van der Waals surface area contributed by atoms with E-state index in [1.807, 2.05) is 0 Å². The Morgan fingerprint density at radius 2 is 1.93 bits per heavy atom. The molecule has 0 aliphatic carbocycles. The average molecular weight is 411 g/mol. The second kappa shape index (κ2) is 10.0. The minimum Gasteiger partial charge on any atom is -0.345 e. The van der Waals surface area contributed by atoms with Crippen molar-refractivity contribution in [3.05, 3.63) is 12.3 Å². The summed E-state index contributed by atoms with van der Waals surface area (Å²) in [5.41, 5.74) is 0.251. The van der Waals surface area contributed by atoms with Gasteiger partial charge in [0, 0.05) is 29.0 Å². The number of Topliss-reactive ketones (excluding diaryl/α,β-unsaturated/α-hetero) is 1. The highest BCUT2D eigenvalue weighted by molar-refractivity contribution is 5.92. The van der Waals surface area contributed by atoms with E-state index in [4.69, 9.17) is 8.95 Å². The molecule has 2 aliphatic rings. The molecule has 2 aliphatic heterocycles. The van der Waals surface area contributed by atoms with Crippen LogP contribution >= 0.6 is 0 Å². The molecular weight excluding hydrogens is 374 g/mol. The number of hydrogen-bond acceptors (Lipinski definition) is 6. The molecule has 2 fully saturated rings. The Morgan fingerprint density at radius 3 is 2.48 bits per heavy atom. The summed E-state index contributed by atoms with van der Waals surface area (Å²) in [5.74, 6) is -4.41. The van der Waals surface area contributed by atoms with Gasteiger partial charge in [0.05, 0.1) is 24.2 Å². The van der Waals surface area contributed by atoms with Gasteiger partial charge in [0.25, 0.3) is 5.91 Å². The van der Waals surface area contributed by atoms with Gasteiger partial charge in [-0.1, -0.05) is 19.9 Å². The first-order chi connectivity index (χ1) is 14.8. The Morgan fingerprint density at radius 1 is 1.28 bits per heavy atom. The number of likely N-dealkylation sites (tertiary alicyclic amines) is 1. The van der Waals surface area contributed by atoms with Crippen molar-refractivity contribution in [2.75, 3.05) is 6.54 Å². The average Bonchev–Trinajstić information content (AvgIpc) is 2.99. The number of amides is 2. The number of nitrogens with one attached hydrogen (secondary N) is 1. The molecule has 2 heterocycles. The number of nitrogens with zero attached hydrogens (tertiary/aromatic N) is 2. The van der Waals surface area contributed by atoms with Crippen molar-refractivity contribution in [2.45, 2.75) is 84.3 Å². The molecule has 8 nitrogen and oxygen atoms in total. The predicted molar refractivity (Wildman–Crippen MR) is 107 cm³/mol. The van der Waals surface area contributed by atoms with Gasteiger partial charge in [-0.3, -0.25) is 19.3 Å². The van der Waals surface area contributed by atoms with Gasteiger partial charge >= 0.3 is 5.97 Å². The van der Waals surface area contributed by atoms with E-state index in [0.29, 0.717) is 11.5 Å². The molecule has 0 aromatic heterocycles. The summed E-state index contributed by atoms with van der Waals surface area (Å²) in [7, 11) is 0. The van der Waals surface area contributed by atoms with Crippen LogP contribution in [0.25, 0.3) is 0 Å². The maximum absolute atomic E-state index is 12.6. The second-order valence-corrected chi connectivity index (χ2v) is 7.98. The van der Waals surface area contributed by atoms with Gasteiger partial charge in [-0.15, -0.1) is 5.06 Å². The van der Waals surface area contributed by atoms with Gasteiger partial charge in [0.1, 0.15) is 0 Å². The van der Waals surface area contributed by atoms with Crippen LogP contribution in [-0.2, 0) is 24.0 Å². The quantitative estimate of drug-likeness (QED) is 0.657. The van der Waals surface area contributed by atoms with Crippen molar-refractivity contribution in [2.24, 2.45) is 5.92 Å². The summed E-state index contributed by atoms with van der Waals surface area (Å²) >= 11 is 0. The maximum Gasteiger partial charge on any atom is 0.336 e. The zero-order valence-electron chi connectivity index (χ0n) is 20.4. The highest BCUT2D eigenvalue weighted by Gasteiger charge is 2.32. The molecule has 2 amide bonds. The number of carbonyl (C=O) groups is 4. The molecule has 2 saturated heterocycles. The molecule has 29 heavy (non-hydrogen) atoms. The minimum absolute atomic E-state index is 0.112. The summed E-state index contributed by atoms with van der Waals surface area (Å²) in [5, 5.41) is 3.30. The minimum atomic E-state index is -2.82. The second-order valence-electron chi connectivity index (χ2n) is 7.98. The van der Waals surface area contributed by atoms with Gasteiger partial charge in [0.15, 0.2) is 5.78 Å². The Kier molecular flexibility index (Phi) is 6.48. The van der Waals surface area contributed by atoms with Crippen LogP contribution in [0.15, 0.2) is 12.3 Å². The topological polar surface area (TPSA) is 96.0 Å². The van der Waals surface area contributed by atoms with Gasteiger partial charge < -0.3 is 10.2 Å². The van der Waals surface area contributed by atoms with Crippen molar-refractivity contribution in [1.29, 1.82) is 0 Å². The van der Waals surface area contributed by atoms with Crippen LogP contribution in [0.1, 0.15) is 70.3 Å². The molecule has 0 bridgehead atoms. The van der Waals surface area contributed by atoms with Gasteiger partial charge in [-0.25, -0.2) is 4.79 Å². The molecule has 4 unspecified atom stereocenters. The molecule has 0 saturated carbocycles. The zero-order chi connectivity index (χ0) is 24.2. The number of allylic oxidation sites excluding steroid dienone is 1. The molecule has 0 spiro atoms. The molecule has 1 N–H and O–H groups in total. The first-order valence-corrected chi connectivity index (χ1v) is 10.1. The van der Waals surface area contributed by atoms with Crippen molar-refractivity contribution < 1.29 is 28.1 Å². The van der Waals surface area contributed by atoms with E-state index >= 15 is 0 Å². The highest BCUT2D eigenvalue weighted by atomic mass is 16.7. The molecule has 2 rings (SSSR count). The van der Waals surface area contributed by atoms with Crippen LogP contribution in [0, 0.1) is 5.92 Å². The fraction of sp³-hybridized carbons (Fsp3) is 0.714. The largest absolute Gasteiger partial charge is 0.345 e. The lowest BCUT2D eigenvalue weighted by Crippen LogP contribution is -2.51. The molecule has 0 aromatic rings. The van der Waals surface area contributed by atoms with Crippen LogP contribution in [-0.4, -0.2) is 58.2 Å². The van der Waals surface area contributed by atoms with Crippen molar-refractivity contribution in [1.82, 2.24) is 15.3 Å². The van der Waals surface area contributed by atoms with Gasteiger partial charge in [-0.05, 0) is 40.0 Å². The lowest BCUT2D eigenvalue weighted by Gasteiger charge is -2.38. The van der Waals surface area contributed by atoms with E-state index < -0.39 is 42.9 Å². The highest BCUT2D eigenvalue weighted by Crippen LogP contribution is 2.23. The third-order valence-electron chi connectivity index (χ3n) is 5.58. The Balaban J connectivity index is 1.96. The number of ketones is 1. The Bertz CT molecular complexity index is 744. The van der Waals surface area contributed by atoms with Crippen molar-refractivity contribution in [3.63, 3.8) is 0 Å². The zero-order valence-corrected chi connectivity index (χ0v) is 17.4. The van der Waals surface area contributed by atoms with Crippen LogP contribution < -0.4 is 5.32 Å². The fourth-order valence-electron chi connectivity index (χ4n) is 3.68. The van der Waals surface area contributed by atoms with Gasteiger partial charge in [0.2, 0.25) is 5.91 Å². The third kappa shape index (κ3) is 6.13. The maximum atomic E-state index is 12.6. The monoisotopic (exact) mass is 410 g/mol. The summed E-state index contributed by atoms with van der Waals surface area (Å²) < 4.78 is 22.9. The lowest BCUT2D eigenvalue weighted by molar-refractivity contribution is -0.190. The number of rotatable bonds is 8. The number of hydroxylamine groups is 2. The SMILES string of the molecule is [2H]C([2H])([2H])C(CC(=O)C(C)NC(=O)CN1C(C)CCCC1C)C(=O)ON1C(=C)CCC1=O. The Labute approximate surface area is 176 Å². The predicted octanol–water partition coefficient (Wildman–Crippen LogP) is 1.94. The molecule has 8 heteroatoms. The number of hydrogen-bond donors (Lipinski definition) is 1. The lowest BCUT2D eigenvalue weighted by atomic mass is 9.97. The van der Waals surface area contributed by atoms with E-state index in [0.717, 1.165) is 19.3 Å². The van der Waals surface area contributed by atoms with Crippen molar-refractivity contribution >= 4 is 23.6 Å². The smallest absolute Gasteiger partial charge is 0.336 e. The summed E-state index contributed by atoms with van der Waals surface area (Å²) in [4.78, 5) is 56.4. The van der Waals surface area contributed by atoms with E-state index in [-0.39, 0.29) is 36.7 Å². The van der Waals surface area contributed by atoms with Crippen LogP contribution in [0.3, 0.4) is 0 Å². The van der Waals surface area contributed by atoms with Crippen LogP contribution in [0.2, 0.25) is 0 Å². The summed E-state index contributed by atoms with van der Waals surface area (Å²) in [6.45, 7) is 6.51. The standard InChI is InChI=1S/C21H33N3O5/c1-13(21(28)29-24-16(4)9-10-20(24)27)11-18(25)17(5)22-19(26)12-23-14(2)7-6-8-15(23)3/h13-15,17H,4,6-12H2,1-3,5H3,(H,22,26)/i1D3. The normalized spacial score (nSPS) is 26.9. The van der Waals surface area contributed by atoms with Gasteiger partial charge in [-0.2, -0.15) is 0 Å². The summed E-state index contributed by atoms with van der Waals surface area (Å²) in [6, 6.07) is -0.458. The first-order valence-electron chi connectivity index (χ1n) is 11.6. The molecule has 0 aromatic carbocycles. The molecule has 0 radical (unpaired) electrons. The number of carbonyl (C=O) groups excluding carboxylic acids is 4. The summed E-state index contributed by atoms with van der Waals surface area (Å²) in [6.07, 6.45) is 2.88. The first kappa shape index (κ1) is 18.8. The van der Waals surface area contributed by atoms with Crippen LogP contribution in [0.5, 0.6) is 0 Å². The number of piperidine rings is 1. The molecule has 4 atom stereocenters. The van der Waals surface area contributed by atoms with Crippen LogP contribution in [0.4, 0.5) is 0 Å².